The molecule has 0 spiro atoms. The third kappa shape index (κ3) is 3.48. The molecule has 5 nitrogen and oxygen atoms in total. The lowest BCUT2D eigenvalue weighted by Crippen LogP contribution is -2.13. The van der Waals surface area contributed by atoms with Crippen molar-refractivity contribution in [2.75, 3.05) is 19.0 Å². The molecule has 0 radical (unpaired) electrons. The van der Waals surface area contributed by atoms with Crippen LogP contribution in [0.5, 0.6) is 6.01 Å². The fourth-order valence-electron chi connectivity index (χ4n) is 1.37. The number of halogens is 1. The summed E-state index contributed by atoms with van der Waals surface area (Å²) < 4.78 is 13.3. The van der Waals surface area contributed by atoms with Crippen molar-refractivity contribution >= 4 is 12.0 Å². The van der Waals surface area contributed by atoms with Crippen molar-refractivity contribution in [3.8, 4) is 6.01 Å². The molecule has 0 aliphatic heterocycles. The molecule has 1 aromatic carbocycles. The summed E-state index contributed by atoms with van der Waals surface area (Å²) in [6.45, 7) is 0. The van der Waals surface area contributed by atoms with Gasteiger partial charge in [-0.1, -0.05) is 35.5 Å². The van der Waals surface area contributed by atoms with Gasteiger partial charge in [0, 0.05) is 14.1 Å². The van der Waals surface area contributed by atoms with Gasteiger partial charge in [-0.15, -0.1) is 0 Å². The topological polar surface area (TPSA) is 50.6 Å². The Morgan fingerprint density at radius 3 is 2.68 bits per heavy atom. The molecule has 1 heterocycles. The lowest BCUT2D eigenvalue weighted by molar-refractivity contribution is 0.313. The van der Waals surface area contributed by atoms with Gasteiger partial charge in [-0.05, 0) is 5.56 Å². The third-order valence-corrected chi connectivity index (χ3v) is 2.26. The largest absolute Gasteiger partial charge is 0.360 e. The second-order valence-electron chi connectivity index (χ2n) is 3.96. The molecule has 2 rings (SSSR count). The molecule has 19 heavy (non-hydrogen) atoms. The Kier molecular flexibility index (Phi) is 4.02. The summed E-state index contributed by atoms with van der Waals surface area (Å²) in [4.78, 5) is 14.2. The van der Waals surface area contributed by atoms with Gasteiger partial charge >= 0.3 is 6.01 Å². The van der Waals surface area contributed by atoms with Crippen LogP contribution < -0.4 is 9.74 Å². The van der Waals surface area contributed by atoms with Gasteiger partial charge in [0.2, 0.25) is 0 Å². The van der Waals surface area contributed by atoms with Crippen molar-refractivity contribution in [2.45, 2.75) is 0 Å². The highest BCUT2D eigenvalue weighted by Gasteiger charge is 2.09. The van der Waals surface area contributed by atoms with Crippen LogP contribution in [0.3, 0.4) is 0 Å². The standard InChI is InChI=1S/C13H13FN4O/c1-18(2)12-11(14)9-15-13(17-12)19-16-8-10-6-4-3-5-7-10/h3-9H,1-2H3/b16-8+. The average molecular weight is 260 g/mol. The second kappa shape index (κ2) is 5.90. The number of aromatic nitrogens is 2. The fourth-order valence-corrected chi connectivity index (χ4v) is 1.37. The van der Waals surface area contributed by atoms with E-state index >= 15 is 0 Å². The van der Waals surface area contributed by atoms with Crippen molar-refractivity contribution in [3.63, 3.8) is 0 Å². The molecule has 1 aromatic heterocycles. The Balaban J connectivity index is 2.08. The van der Waals surface area contributed by atoms with Crippen molar-refractivity contribution in [2.24, 2.45) is 5.16 Å². The van der Waals surface area contributed by atoms with E-state index in [9.17, 15) is 4.39 Å². The number of benzene rings is 1. The molecule has 98 valence electrons. The number of hydrogen-bond donors (Lipinski definition) is 0. The predicted octanol–water partition coefficient (Wildman–Crippen LogP) is 2.09. The fraction of sp³-hybridized carbons (Fsp3) is 0.154. The van der Waals surface area contributed by atoms with Gasteiger partial charge in [-0.3, -0.25) is 0 Å². The van der Waals surface area contributed by atoms with E-state index in [1.807, 2.05) is 30.3 Å². The van der Waals surface area contributed by atoms with Crippen LogP contribution in [0.25, 0.3) is 0 Å². The molecule has 6 heteroatoms. The van der Waals surface area contributed by atoms with Gasteiger partial charge in [-0.25, -0.2) is 4.39 Å². The Morgan fingerprint density at radius 2 is 2.00 bits per heavy atom. The molecule has 0 aliphatic rings. The highest BCUT2D eigenvalue weighted by molar-refractivity contribution is 5.78. The first-order chi connectivity index (χ1) is 9.16. The van der Waals surface area contributed by atoms with Crippen LogP contribution in [0.15, 0.2) is 41.7 Å². The number of rotatable bonds is 4. The Hall–Kier alpha value is -2.50. The Labute approximate surface area is 110 Å². The van der Waals surface area contributed by atoms with Gasteiger partial charge in [0.05, 0.1) is 12.4 Å². The summed E-state index contributed by atoms with van der Waals surface area (Å²) in [5.74, 6) is -0.357. The monoisotopic (exact) mass is 260 g/mol. The van der Waals surface area contributed by atoms with E-state index in [0.29, 0.717) is 0 Å². The maximum absolute atomic E-state index is 13.3. The zero-order valence-corrected chi connectivity index (χ0v) is 10.6. The highest BCUT2D eigenvalue weighted by atomic mass is 19.1. The molecule has 0 amide bonds. The van der Waals surface area contributed by atoms with Crippen LogP contribution in [0.1, 0.15) is 5.56 Å². The lowest BCUT2D eigenvalue weighted by atomic mass is 10.2. The SMILES string of the molecule is CN(C)c1nc(O/N=C/c2ccccc2)ncc1F. The second-order valence-corrected chi connectivity index (χ2v) is 3.96. The van der Waals surface area contributed by atoms with E-state index in [2.05, 4.69) is 15.1 Å². The zero-order chi connectivity index (χ0) is 13.7. The minimum Gasteiger partial charge on any atom is -0.360 e. The lowest BCUT2D eigenvalue weighted by Gasteiger charge is -2.11. The minimum absolute atomic E-state index is 0.00252. The van der Waals surface area contributed by atoms with Crippen LogP contribution in [0, 0.1) is 5.82 Å². The molecule has 0 N–H and O–H groups in total. The number of nitrogens with zero attached hydrogens (tertiary/aromatic N) is 4. The summed E-state index contributed by atoms with van der Waals surface area (Å²) in [5, 5.41) is 3.75. The first-order valence-electron chi connectivity index (χ1n) is 5.62. The van der Waals surface area contributed by atoms with Gasteiger partial charge in [0.15, 0.2) is 11.6 Å². The Bertz CT molecular complexity index is 572. The first kappa shape index (κ1) is 12.9. The molecule has 0 unspecified atom stereocenters. The molecular formula is C13H13FN4O. The smallest absolute Gasteiger partial charge is 0.347 e. The van der Waals surface area contributed by atoms with Crippen LogP contribution >= 0.6 is 0 Å². The average Bonchev–Trinajstić information content (AvgIpc) is 2.41. The van der Waals surface area contributed by atoms with E-state index in [1.165, 1.54) is 11.1 Å². The van der Waals surface area contributed by atoms with Crippen LogP contribution in [-0.4, -0.2) is 30.3 Å². The number of oxime groups is 1. The highest BCUT2D eigenvalue weighted by Crippen LogP contribution is 2.15. The number of hydrogen-bond acceptors (Lipinski definition) is 5. The van der Waals surface area contributed by atoms with Gasteiger partial charge in [0.1, 0.15) is 0 Å². The molecular weight excluding hydrogens is 247 g/mol. The molecule has 0 fully saturated rings. The summed E-state index contributed by atoms with van der Waals surface area (Å²) in [6, 6.07) is 9.44. The van der Waals surface area contributed by atoms with Gasteiger partial charge in [0.25, 0.3) is 0 Å². The maximum atomic E-state index is 13.3. The normalized spacial score (nSPS) is 10.7. The molecule has 2 aromatic rings. The van der Waals surface area contributed by atoms with E-state index in [0.717, 1.165) is 11.8 Å². The van der Waals surface area contributed by atoms with Crippen LogP contribution in [-0.2, 0) is 0 Å². The first-order valence-corrected chi connectivity index (χ1v) is 5.62. The molecule has 0 atom stereocenters. The third-order valence-electron chi connectivity index (χ3n) is 2.26. The summed E-state index contributed by atoms with van der Waals surface area (Å²) >= 11 is 0. The Morgan fingerprint density at radius 1 is 1.26 bits per heavy atom. The quantitative estimate of drug-likeness (QED) is 0.624. The van der Waals surface area contributed by atoms with Crippen molar-refractivity contribution < 1.29 is 9.23 Å². The molecule has 0 bridgehead atoms. The molecule has 0 saturated carbocycles. The predicted molar refractivity (Wildman–Crippen MR) is 71.0 cm³/mol. The van der Waals surface area contributed by atoms with Gasteiger partial charge < -0.3 is 9.74 Å². The van der Waals surface area contributed by atoms with Crippen molar-refractivity contribution in [1.82, 2.24) is 9.97 Å². The van der Waals surface area contributed by atoms with Gasteiger partial charge in [-0.2, -0.15) is 9.97 Å². The number of anilines is 1. The maximum Gasteiger partial charge on any atom is 0.347 e. The van der Waals surface area contributed by atoms with E-state index < -0.39 is 5.82 Å². The van der Waals surface area contributed by atoms with E-state index in [-0.39, 0.29) is 11.8 Å². The van der Waals surface area contributed by atoms with Crippen molar-refractivity contribution in [3.05, 3.63) is 47.9 Å². The van der Waals surface area contributed by atoms with Crippen LogP contribution in [0.4, 0.5) is 10.2 Å². The molecule has 0 aliphatic carbocycles. The van der Waals surface area contributed by atoms with E-state index in [4.69, 9.17) is 4.84 Å². The van der Waals surface area contributed by atoms with Crippen molar-refractivity contribution in [1.29, 1.82) is 0 Å². The summed E-state index contributed by atoms with van der Waals surface area (Å²) in [5.41, 5.74) is 0.887. The van der Waals surface area contributed by atoms with E-state index in [1.54, 1.807) is 14.1 Å². The summed E-state index contributed by atoms with van der Waals surface area (Å²) in [7, 11) is 3.37. The molecule has 0 saturated heterocycles. The zero-order valence-electron chi connectivity index (χ0n) is 10.6. The van der Waals surface area contributed by atoms with Crippen LogP contribution in [0.2, 0.25) is 0 Å². The summed E-state index contributed by atoms with van der Waals surface area (Å²) in [6.07, 6.45) is 2.58. The minimum atomic E-state index is -0.510.